The zero-order valence-corrected chi connectivity index (χ0v) is 11.4. The van der Waals surface area contributed by atoms with E-state index in [1.54, 1.807) is 7.11 Å². The Kier molecular flexibility index (Phi) is 3.58. The maximum absolute atomic E-state index is 5.72. The Morgan fingerprint density at radius 3 is 2.25 bits per heavy atom. The first kappa shape index (κ1) is 13.0. The molecule has 0 radical (unpaired) electrons. The molecule has 0 aliphatic rings. The fraction of sp³-hybridized carbons (Fsp3) is 0.462. The summed E-state index contributed by atoms with van der Waals surface area (Å²) in [7, 11) is 1.65. The second-order valence-corrected chi connectivity index (χ2v) is 5.45. The van der Waals surface area contributed by atoms with E-state index >= 15 is 0 Å². The van der Waals surface area contributed by atoms with Gasteiger partial charge >= 0.3 is 0 Å². The Hall–Kier alpha value is -1.09. The molecule has 0 saturated carbocycles. The lowest BCUT2D eigenvalue weighted by atomic mass is 9.84. The van der Waals surface area contributed by atoms with Crippen LogP contribution in [0.3, 0.4) is 0 Å². The number of ether oxygens (including phenoxy) is 1. The van der Waals surface area contributed by atoms with Gasteiger partial charge in [-0.05, 0) is 24.0 Å². The van der Waals surface area contributed by atoms with Crippen LogP contribution in [0.15, 0.2) is 12.1 Å². The average molecular weight is 237 g/mol. The van der Waals surface area contributed by atoms with Crippen molar-refractivity contribution in [3.63, 3.8) is 0 Å². The highest BCUT2D eigenvalue weighted by Crippen LogP contribution is 2.35. The van der Waals surface area contributed by atoms with E-state index in [0.29, 0.717) is 4.99 Å². The summed E-state index contributed by atoms with van der Waals surface area (Å²) >= 11 is 5.06. The topological polar surface area (TPSA) is 35.2 Å². The molecule has 0 fully saturated rings. The number of methoxy groups -OCH3 is 1. The molecule has 0 unspecified atom stereocenters. The molecule has 2 N–H and O–H groups in total. The highest BCUT2D eigenvalue weighted by molar-refractivity contribution is 7.80. The number of aryl methyl sites for hydroxylation is 1. The molecule has 2 nitrogen and oxygen atoms in total. The molecule has 1 aromatic rings. The number of nitrogens with two attached hydrogens (primary N) is 1. The first-order valence-corrected chi connectivity index (χ1v) is 5.67. The summed E-state index contributed by atoms with van der Waals surface area (Å²) < 4.78 is 5.45. The summed E-state index contributed by atoms with van der Waals surface area (Å²) in [5, 5.41) is 0. The van der Waals surface area contributed by atoms with Crippen LogP contribution in [0.1, 0.15) is 37.5 Å². The number of thiocarbonyl (C=S) groups is 1. The molecule has 88 valence electrons. The molecule has 0 saturated heterocycles. The van der Waals surface area contributed by atoms with Crippen molar-refractivity contribution in [3.8, 4) is 5.75 Å². The van der Waals surface area contributed by atoms with Crippen LogP contribution in [-0.4, -0.2) is 12.1 Å². The molecule has 0 atom stereocenters. The van der Waals surface area contributed by atoms with Crippen LogP contribution in [0, 0.1) is 6.92 Å². The highest BCUT2D eigenvalue weighted by Gasteiger charge is 2.22. The number of rotatable bonds is 2. The van der Waals surface area contributed by atoms with Crippen molar-refractivity contribution in [2.24, 2.45) is 5.73 Å². The molecule has 0 aliphatic carbocycles. The van der Waals surface area contributed by atoms with E-state index in [0.717, 1.165) is 22.4 Å². The third-order valence-corrected chi connectivity index (χ3v) is 2.73. The first-order valence-electron chi connectivity index (χ1n) is 5.26. The molecule has 0 aromatic heterocycles. The summed E-state index contributed by atoms with van der Waals surface area (Å²) in [6, 6.07) is 4.09. The molecular weight excluding hydrogens is 218 g/mol. The van der Waals surface area contributed by atoms with Gasteiger partial charge in [0.05, 0.1) is 12.7 Å². The molecule has 0 spiro atoms. The molecule has 3 heteroatoms. The highest BCUT2D eigenvalue weighted by atomic mass is 32.1. The summed E-state index contributed by atoms with van der Waals surface area (Å²) in [4.78, 5) is 0.381. The minimum Gasteiger partial charge on any atom is -0.496 e. The van der Waals surface area contributed by atoms with Crippen LogP contribution in [0.5, 0.6) is 5.75 Å². The summed E-state index contributed by atoms with van der Waals surface area (Å²) in [6.07, 6.45) is 0. The van der Waals surface area contributed by atoms with E-state index in [2.05, 4.69) is 26.8 Å². The molecule has 0 aliphatic heterocycles. The number of hydrogen-bond donors (Lipinski definition) is 1. The van der Waals surface area contributed by atoms with Gasteiger partial charge < -0.3 is 10.5 Å². The Morgan fingerprint density at radius 1 is 1.31 bits per heavy atom. The molecular formula is C13H19NOS. The zero-order valence-electron chi connectivity index (χ0n) is 10.5. The second-order valence-electron chi connectivity index (χ2n) is 5.01. The first-order chi connectivity index (χ1) is 7.27. The van der Waals surface area contributed by atoms with E-state index < -0.39 is 0 Å². The standard InChI is InChI=1S/C13H19NOS/c1-8-6-9(12(14)16)11(15-5)10(7-8)13(2,3)4/h6-7H,1-5H3,(H2,14,16). The SMILES string of the molecule is COc1c(C(N)=S)cc(C)cc1C(C)(C)C. The number of benzene rings is 1. The van der Waals surface area contributed by atoms with Crippen molar-refractivity contribution in [2.75, 3.05) is 7.11 Å². The van der Waals surface area contributed by atoms with E-state index in [1.807, 2.05) is 13.0 Å². The van der Waals surface area contributed by atoms with Crippen molar-refractivity contribution in [1.82, 2.24) is 0 Å². The van der Waals surface area contributed by atoms with Gasteiger partial charge in [0, 0.05) is 5.56 Å². The van der Waals surface area contributed by atoms with Crippen LogP contribution in [-0.2, 0) is 5.41 Å². The molecule has 0 bridgehead atoms. The van der Waals surface area contributed by atoms with E-state index in [4.69, 9.17) is 22.7 Å². The van der Waals surface area contributed by atoms with E-state index in [9.17, 15) is 0 Å². The predicted octanol–water partition coefficient (Wildman–Crippen LogP) is 2.94. The van der Waals surface area contributed by atoms with Gasteiger partial charge in [-0.25, -0.2) is 0 Å². The summed E-state index contributed by atoms with van der Waals surface area (Å²) in [5.41, 5.74) is 8.84. The average Bonchev–Trinajstić information content (AvgIpc) is 2.14. The van der Waals surface area contributed by atoms with Gasteiger partial charge in [0.2, 0.25) is 0 Å². The fourth-order valence-corrected chi connectivity index (χ4v) is 1.88. The molecule has 16 heavy (non-hydrogen) atoms. The monoisotopic (exact) mass is 237 g/mol. The Bertz CT molecular complexity index is 419. The van der Waals surface area contributed by atoms with Crippen molar-refractivity contribution in [3.05, 3.63) is 28.8 Å². The lowest BCUT2D eigenvalue weighted by Crippen LogP contribution is -2.18. The van der Waals surface area contributed by atoms with Gasteiger partial charge in [-0.2, -0.15) is 0 Å². The van der Waals surface area contributed by atoms with E-state index in [-0.39, 0.29) is 5.41 Å². The van der Waals surface area contributed by atoms with Gasteiger partial charge in [0.25, 0.3) is 0 Å². The molecule has 0 amide bonds. The third kappa shape index (κ3) is 2.53. The van der Waals surface area contributed by atoms with Crippen LogP contribution in [0.2, 0.25) is 0 Å². The fourth-order valence-electron chi connectivity index (χ4n) is 1.73. The Labute approximate surface area is 103 Å². The quantitative estimate of drug-likeness (QED) is 0.803. The Balaban J connectivity index is 3.55. The second kappa shape index (κ2) is 4.42. The van der Waals surface area contributed by atoms with Crippen LogP contribution in [0.4, 0.5) is 0 Å². The van der Waals surface area contributed by atoms with Gasteiger partial charge in [-0.3, -0.25) is 0 Å². The van der Waals surface area contributed by atoms with E-state index in [1.165, 1.54) is 0 Å². The lowest BCUT2D eigenvalue weighted by Gasteiger charge is -2.24. The van der Waals surface area contributed by atoms with Crippen molar-refractivity contribution in [1.29, 1.82) is 0 Å². The minimum absolute atomic E-state index is 0.0108. The predicted molar refractivity (Wildman–Crippen MR) is 72.3 cm³/mol. The van der Waals surface area contributed by atoms with Crippen molar-refractivity contribution < 1.29 is 4.74 Å². The zero-order chi connectivity index (χ0) is 12.5. The maximum atomic E-state index is 5.72. The van der Waals surface area contributed by atoms with Gasteiger partial charge in [0.1, 0.15) is 10.7 Å². The maximum Gasteiger partial charge on any atom is 0.132 e. The lowest BCUT2D eigenvalue weighted by molar-refractivity contribution is 0.396. The minimum atomic E-state index is 0.0108. The number of hydrogen-bond acceptors (Lipinski definition) is 2. The van der Waals surface area contributed by atoms with Crippen LogP contribution in [0.25, 0.3) is 0 Å². The summed E-state index contributed by atoms with van der Waals surface area (Å²) in [6.45, 7) is 8.48. The van der Waals surface area contributed by atoms with Crippen molar-refractivity contribution >= 4 is 17.2 Å². The molecule has 1 aromatic carbocycles. The van der Waals surface area contributed by atoms with Gasteiger partial charge in [-0.15, -0.1) is 0 Å². The largest absolute Gasteiger partial charge is 0.496 e. The van der Waals surface area contributed by atoms with Crippen LogP contribution < -0.4 is 10.5 Å². The smallest absolute Gasteiger partial charge is 0.132 e. The van der Waals surface area contributed by atoms with Crippen molar-refractivity contribution in [2.45, 2.75) is 33.1 Å². The third-order valence-electron chi connectivity index (χ3n) is 2.51. The molecule has 1 rings (SSSR count). The van der Waals surface area contributed by atoms with Gasteiger partial charge in [-0.1, -0.05) is 39.1 Å². The summed E-state index contributed by atoms with van der Waals surface area (Å²) in [5.74, 6) is 0.797. The van der Waals surface area contributed by atoms with Gasteiger partial charge in [0.15, 0.2) is 0 Å². The normalized spacial score (nSPS) is 11.3. The van der Waals surface area contributed by atoms with Crippen LogP contribution >= 0.6 is 12.2 Å². The molecule has 0 heterocycles. The Morgan fingerprint density at radius 2 is 1.88 bits per heavy atom.